The van der Waals surface area contributed by atoms with Gasteiger partial charge in [0.2, 0.25) is 5.91 Å². The van der Waals surface area contributed by atoms with Crippen molar-refractivity contribution < 1.29 is 4.79 Å². The van der Waals surface area contributed by atoms with Crippen molar-refractivity contribution in [2.45, 2.75) is 27.2 Å². The van der Waals surface area contributed by atoms with Gasteiger partial charge in [0.15, 0.2) is 0 Å². The second-order valence-corrected chi connectivity index (χ2v) is 3.80. The van der Waals surface area contributed by atoms with Crippen molar-refractivity contribution in [1.29, 1.82) is 0 Å². The fourth-order valence-corrected chi connectivity index (χ4v) is 1.34. The minimum atomic E-state index is 0.0564. The van der Waals surface area contributed by atoms with Crippen LogP contribution in [0.3, 0.4) is 0 Å². The van der Waals surface area contributed by atoms with Crippen LogP contribution in [-0.4, -0.2) is 12.6 Å². The minimum absolute atomic E-state index is 0.0564. The van der Waals surface area contributed by atoms with Crippen LogP contribution >= 0.6 is 0 Å². The smallest absolute Gasteiger partial charge is 0.228 e. The first-order chi connectivity index (χ1) is 6.54. The summed E-state index contributed by atoms with van der Waals surface area (Å²) in [5.41, 5.74) is 2.85. The van der Waals surface area contributed by atoms with Crippen molar-refractivity contribution in [3.63, 3.8) is 0 Å². The van der Waals surface area contributed by atoms with E-state index in [0.717, 1.165) is 17.0 Å². The standard InChI is InChI=1S/C11H16N2O/c1-7(2)9(12-4)6-10-8(3)5-11(14)13-10/h6-7H,4-5H2,1-3H3,(H,13,14)/b9-6-. The van der Waals surface area contributed by atoms with E-state index in [-0.39, 0.29) is 5.91 Å². The maximum Gasteiger partial charge on any atom is 0.228 e. The Hall–Kier alpha value is -1.38. The van der Waals surface area contributed by atoms with E-state index >= 15 is 0 Å². The molecular formula is C11H16N2O. The molecule has 0 aromatic carbocycles. The molecule has 1 aliphatic rings. The summed E-state index contributed by atoms with van der Waals surface area (Å²) in [6.45, 7) is 9.56. The van der Waals surface area contributed by atoms with Gasteiger partial charge in [0.05, 0.1) is 0 Å². The topological polar surface area (TPSA) is 41.5 Å². The molecule has 1 N–H and O–H groups in total. The molecule has 0 unspecified atom stereocenters. The van der Waals surface area contributed by atoms with E-state index in [1.165, 1.54) is 0 Å². The van der Waals surface area contributed by atoms with Gasteiger partial charge in [0, 0.05) is 17.8 Å². The third kappa shape index (κ3) is 2.31. The van der Waals surface area contributed by atoms with Crippen LogP contribution in [0.5, 0.6) is 0 Å². The molecule has 1 heterocycles. The predicted octanol–water partition coefficient (Wildman–Crippen LogP) is 2.02. The number of aliphatic imine (C=N–C) groups is 1. The van der Waals surface area contributed by atoms with Gasteiger partial charge >= 0.3 is 0 Å². The Balaban J connectivity index is 2.90. The zero-order valence-electron chi connectivity index (χ0n) is 8.92. The molecule has 0 fully saturated rings. The van der Waals surface area contributed by atoms with Crippen LogP contribution < -0.4 is 5.32 Å². The molecule has 3 heteroatoms. The minimum Gasteiger partial charge on any atom is -0.326 e. The lowest BCUT2D eigenvalue weighted by molar-refractivity contribution is -0.118. The quantitative estimate of drug-likeness (QED) is 0.683. The molecule has 0 saturated carbocycles. The van der Waals surface area contributed by atoms with Gasteiger partial charge in [-0.25, -0.2) is 0 Å². The molecule has 14 heavy (non-hydrogen) atoms. The molecule has 1 aliphatic heterocycles. The van der Waals surface area contributed by atoms with Gasteiger partial charge in [-0.15, -0.1) is 0 Å². The highest BCUT2D eigenvalue weighted by Crippen LogP contribution is 2.19. The third-order valence-electron chi connectivity index (χ3n) is 2.23. The molecule has 0 aromatic heterocycles. The van der Waals surface area contributed by atoms with E-state index in [9.17, 15) is 4.79 Å². The van der Waals surface area contributed by atoms with Crippen molar-refractivity contribution in [2.24, 2.45) is 10.9 Å². The van der Waals surface area contributed by atoms with Crippen molar-refractivity contribution >= 4 is 12.6 Å². The first-order valence-electron chi connectivity index (χ1n) is 4.72. The van der Waals surface area contributed by atoms with Crippen LogP contribution in [0.1, 0.15) is 27.2 Å². The number of hydrogen-bond acceptors (Lipinski definition) is 2. The van der Waals surface area contributed by atoms with Crippen molar-refractivity contribution in [2.75, 3.05) is 0 Å². The van der Waals surface area contributed by atoms with Gasteiger partial charge in [-0.05, 0) is 31.2 Å². The summed E-state index contributed by atoms with van der Waals surface area (Å²) in [5.74, 6) is 0.381. The summed E-state index contributed by atoms with van der Waals surface area (Å²) in [6.07, 6.45) is 2.40. The number of nitrogens with zero attached hydrogens (tertiary/aromatic N) is 1. The maximum atomic E-state index is 11.1. The predicted molar refractivity (Wildman–Crippen MR) is 57.9 cm³/mol. The number of amides is 1. The second-order valence-electron chi connectivity index (χ2n) is 3.80. The van der Waals surface area contributed by atoms with Gasteiger partial charge < -0.3 is 5.32 Å². The van der Waals surface area contributed by atoms with Crippen molar-refractivity contribution in [1.82, 2.24) is 5.32 Å². The van der Waals surface area contributed by atoms with Crippen LogP contribution in [0.4, 0.5) is 0 Å². The Morgan fingerprint density at radius 1 is 1.64 bits per heavy atom. The van der Waals surface area contributed by atoms with Crippen LogP contribution in [0.15, 0.2) is 28.0 Å². The van der Waals surface area contributed by atoms with Crippen LogP contribution in [-0.2, 0) is 4.79 Å². The van der Waals surface area contributed by atoms with Gasteiger partial charge in [-0.3, -0.25) is 9.79 Å². The monoisotopic (exact) mass is 192 g/mol. The molecule has 0 saturated heterocycles. The first-order valence-corrected chi connectivity index (χ1v) is 4.72. The van der Waals surface area contributed by atoms with E-state index in [4.69, 9.17) is 0 Å². The number of carbonyl (C=O) groups is 1. The summed E-state index contributed by atoms with van der Waals surface area (Å²) < 4.78 is 0. The lowest BCUT2D eigenvalue weighted by Crippen LogP contribution is -2.14. The highest BCUT2D eigenvalue weighted by atomic mass is 16.1. The average Bonchev–Trinajstić information content (AvgIpc) is 2.40. The normalized spacial score (nSPS) is 17.7. The Labute approximate surface area is 84.6 Å². The molecule has 0 aliphatic carbocycles. The average molecular weight is 192 g/mol. The maximum absolute atomic E-state index is 11.1. The van der Waals surface area contributed by atoms with Crippen molar-refractivity contribution in [3.05, 3.63) is 23.0 Å². The molecule has 0 aromatic rings. The van der Waals surface area contributed by atoms with Gasteiger partial charge in [0.1, 0.15) is 0 Å². The Kier molecular flexibility index (Phi) is 3.23. The van der Waals surface area contributed by atoms with E-state index in [2.05, 4.69) is 17.0 Å². The molecule has 1 amide bonds. The van der Waals surface area contributed by atoms with Crippen molar-refractivity contribution in [3.8, 4) is 0 Å². The number of carbonyl (C=O) groups excluding carboxylic acids is 1. The summed E-state index contributed by atoms with van der Waals surface area (Å²) >= 11 is 0. The zero-order valence-corrected chi connectivity index (χ0v) is 8.92. The Morgan fingerprint density at radius 2 is 2.29 bits per heavy atom. The molecule has 0 spiro atoms. The van der Waals surface area contributed by atoms with E-state index in [1.54, 1.807) is 0 Å². The lowest BCUT2D eigenvalue weighted by Gasteiger charge is -2.06. The fraction of sp³-hybridized carbons (Fsp3) is 0.455. The van der Waals surface area contributed by atoms with Gasteiger partial charge in [-0.2, -0.15) is 0 Å². The Morgan fingerprint density at radius 3 is 2.64 bits per heavy atom. The van der Waals surface area contributed by atoms with E-state index in [1.807, 2.05) is 26.8 Å². The fourth-order valence-electron chi connectivity index (χ4n) is 1.34. The largest absolute Gasteiger partial charge is 0.326 e. The summed E-state index contributed by atoms with van der Waals surface area (Å²) in [6, 6.07) is 0. The molecule has 1 rings (SSSR count). The number of rotatable bonds is 3. The highest BCUT2D eigenvalue weighted by Gasteiger charge is 2.16. The Bertz CT molecular complexity index is 324. The van der Waals surface area contributed by atoms with Gasteiger partial charge in [0.25, 0.3) is 0 Å². The van der Waals surface area contributed by atoms with Crippen LogP contribution in [0, 0.1) is 5.92 Å². The zero-order chi connectivity index (χ0) is 10.7. The molecular weight excluding hydrogens is 176 g/mol. The highest BCUT2D eigenvalue weighted by molar-refractivity contribution is 5.84. The number of hydrogen-bond donors (Lipinski definition) is 1. The molecule has 0 bridgehead atoms. The van der Waals surface area contributed by atoms with E-state index < -0.39 is 0 Å². The van der Waals surface area contributed by atoms with Crippen LogP contribution in [0.2, 0.25) is 0 Å². The first kappa shape index (κ1) is 10.7. The number of nitrogens with one attached hydrogen (secondary N) is 1. The molecule has 3 nitrogen and oxygen atoms in total. The van der Waals surface area contributed by atoms with E-state index in [0.29, 0.717) is 12.3 Å². The van der Waals surface area contributed by atoms with Crippen LogP contribution in [0.25, 0.3) is 0 Å². The van der Waals surface area contributed by atoms with Gasteiger partial charge in [-0.1, -0.05) is 13.8 Å². The molecule has 0 atom stereocenters. The summed E-state index contributed by atoms with van der Waals surface area (Å²) in [5, 5.41) is 2.80. The third-order valence-corrected chi connectivity index (χ3v) is 2.23. The number of allylic oxidation sites excluding steroid dienone is 2. The molecule has 76 valence electrons. The molecule has 0 radical (unpaired) electrons. The summed E-state index contributed by atoms with van der Waals surface area (Å²) in [4.78, 5) is 15.0. The SMILES string of the molecule is C=N/C(=C\C1=C(C)CC(=O)N1)C(C)C. The summed E-state index contributed by atoms with van der Waals surface area (Å²) in [7, 11) is 0. The second kappa shape index (κ2) is 4.22. The lowest BCUT2D eigenvalue weighted by atomic mass is 10.1.